The number of hydrogen-bond donors (Lipinski definition) is 1. The van der Waals surface area contributed by atoms with Gasteiger partial charge in [0.1, 0.15) is 18.0 Å². The number of rotatable bonds is 6. The molecule has 0 aliphatic heterocycles. The topological polar surface area (TPSA) is 37.8 Å². The summed E-state index contributed by atoms with van der Waals surface area (Å²) in [6.45, 7) is 5.00. The summed E-state index contributed by atoms with van der Waals surface area (Å²) in [7, 11) is 0. The minimum absolute atomic E-state index is 0.361. The monoisotopic (exact) mass is 307 g/mol. The van der Waals surface area contributed by atoms with Gasteiger partial charge in [-0.3, -0.25) is 0 Å². The predicted molar refractivity (Wildman–Crippen MR) is 85.2 cm³/mol. The van der Waals surface area contributed by atoms with E-state index in [0.29, 0.717) is 16.3 Å². The molecule has 2 rings (SSSR count). The Bertz CT molecular complexity index is 616. The van der Waals surface area contributed by atoms with E-state index in [1.807, 2.05) is 0 Å². The van der Waals surface area contributed by atoms with Crippen molar-refractivity contribution < 1.29 is 4.39 Å². The van der Waals surface area contributed by atoms with Crippen molar-refractivity contribution in [3.63, 3.8) is 0 Å². The number of nitrogens with zero attached hydrogens (tertiary/aromatic N) is 2. The molecule has 0 aliphatic carbocycles. The zero-order valence-electron chi connectivity index (χ0n) is 12.3. The fourth-order valence-electron chi connectivity index (χ4n) is 2.21. The normalized spacial score (nSPS) is 10.7. The zero-order chi connectivity index (χ0) is 15.2. The molecule has 5 heteroatoms. The quantitative estimate of drug-likeness (QED) is 0.839. The Morgan fingerprint density at radius 3 is 2.67 bits per heavy atom. The van der Waals surface area contributed by atoms with E-state index in [1.54, 1.807) is 12.1 Å². The van der Waals surface area contributed by atoms with Crippen molar-refractivity contribution in [1.82, 2.24) is 9.97 Å². The third kappa shape index (κ3) is 3.70. The van der Waals surface area contributed by atoms with Crippen LogP contribution in [-0.4, -0.2) is 16.5 Å². The second kappa shape index (κ2) is 7.36. The number of benzene rings is 1. The molecule has 0 fully saturated rings. The van der Waals surface area contributed by atoms with Gasteiger partial charge in [-0.1, -0.05) is 31.9 Å². The lowest BCUT2D eigenvalue weighted by atomic mass is 10.0. The van der Waals surface area contributed by atoms with Gasteiger partial charge in [-0.05, 0) is 31.0 Å². The first kappa shape index (κ1) is 15.7. The number of hydrogen-bond acceptors (Lipinski definition) is 3. The number of anilines is 1. The van der Waals surface area contributed by atoms with Gasteiger partial charge in [0.15, 0.2) is 0 Å². The SMILES string of the molecule is CCCNc1ncnc(-c2ccc(Cl)cc2F)c1CCC. The summed E-state index contributed by atoms with van der Waals surface area (Å²) in [5.74, 6) is 0.429. The Balaban J connectivity index is 2.51. The number of halogens is 2. The summed E-state index contributed by atoms with van der Waals surface area (Å²) in [5.41, 5.74) is 2.05. The van der Waals surface area contributed by atoms with Gasteiger partial charge in [0.2, 0.25) is 0 Å². The standard InChI is InChI=1S/C16H19ClFN3/c1-3-5-13-15(12-7-6-11(17)9-14(12)18)20-10-21-16(13)19-8-4-2/h6-7,9-10H,3-5,8H2,1-2H3,(H,19,20,21). The largest absolute Gasteiger partial charge is 0.370 e. The van der Waals surface area contributed by atoms with E-state index in [-0.39, 0.29) is 5.82 Å². The molecule has 0 saturated carbocycles. The smallest absolute Gasteiger partial charge is 0.134 e. The Kier molecular flexibility index (Phi) is 5.51. The van der Waals surface area contributed by atoms with Crippen molar-refractivity contribution in [1.29, 1.82) is 0 Å². The van der Waals surface area contributed by atoms with Crippen LogP contribution in [0.2, 0.25) is 5.02 Å². The lowest BCUT2D eigenvalue weighted by Crippen LogP contribution is -2.08. The first-order valence-electron chi connectivity index (χ1n) is 7.20. The van der Waals surface area contributed by atoms with Crippen LogP contribution in [0.4, 0.5) is 10.2 Å². The van der Waals surface area contributed by atoms with Crippen LogP contribution in [-0.2, 0) is 6.42 Å². The summed E-state index contributed by atoms with van der Waals surface area (Å²) in [5, 5.41) is 3.67. The molecule has 0 atom stereocenters. The van der Waals surface area contributed by atoms with Crippen LogP contribution in [0.25, 0.3) is 11.3 Å². The van der Waals surface area contributed by atoms with Gasteiger partial charge in [0, 0.05) is 22.7 Å². The molecule has 0 bridgehead atoms. The summed E-state index contributed by atoms with van der Waals surface area (Å²) >= 11 is 5.82. The van der Waals surface area contributed by atoms with Gasteiger partial charge in [-0.25, -0.2) is 14.4 Å². The molecule has 21 heavy (non-hydrogen) atoms. The maximum atomic E-state index is 14.2. The molecule has 0 saturated heterocycles. The van der Waals surface area contributed by atoms with Gasteiger partial charge in [-0.15, -0.1) is 0 Å². The average molecular weight is 308 g/mol. The van der Waals surface area contributed by atoms with Crippen molar-refractivity contribution in [2.24, 2.45) is 0 Å². The van der Waals surface area contributed by atoms with Crippen LogP contribution in [0, 0.1) is 5.82 Å². The molecule has 1 aromatic carbocycles. The molecular weight excluding hydrogens is 289 g/mol. The highest BCUT2D eigenvalue weighted by atomic mass is 35.5. The Morgan fingerprint density at radius 1 is 1.19 bits per heavy atom. The fraction of sp³-hybridized carbons (Fsp3) is 0.375. The van der Waals surface area contributed by atoms with Gasteiger partial charge in [0.05, 0.1) is 5.69 Å². The van der Waals surface area contributed by atoms with Gasteiger partial charge < -0.3 is 5.32 Å². The number of nitrogens with one attached hydrogen (secondary N) is 1. The molecule has 2 aromatic rings. The predicted octanol–water partition coefficient (Wildman–Crippen LogP) is 4.71. The molecule has 3 nitrogen and oxygen atoms in total. The Hall–Kier alpha value is -1.68. The lowest BCUT2D eigenvalue weighted by molar-refractivity contribution is 0.630. The molecule has 1 heterocycles. The van der Waals surface area contributed by atoms with E-state index < -0.39 is 0 Å². The van der Waals surface area contributed by atoms with Crippen LogP contribution in [0.3, 0.4) is 0 Å². The highest BCUT2D eigenvalue weighted by Gasteiger charge is 2.15. The molecule has 1 aromatic heterocycles. The fourth-order valence-corrected chi connectivity index (χ4v) is 2.37. The van der Waals surface area contributed by atoms with E-state index in [9.17, 15) is 4.39 Å². The molecule has 1 N–H and O–H groups in total. The van der Waals surface area contributed by atoms with Gasteiger partial charge in [-0.2, -0.15) is 0 Å². The van der Waals surface area contributed by atoms with E-state index in [0.717, 1.165) is 37.2 Å². The van der Waals surface area contributed by atoms with Crippen molar-refractivity contribution in [3.05, 3.63) is 40.9 Å². The van der Waals surface area contributed by atoms with Crippen molar-refractivity contribution in [2.45, 2.75) is 33.1 Å². The summed E-state index contributed by atoms with van der Waals surface area (Å²) < 4.78 is 14.2. The minimum Gasteiger partial charge on any atom is -0.370 e. The van der Waals surface area contributed by atoms with E-state index in [1.165, 1.54) is 12.4 Å². The van der Waals surface area contributed by atoms with Crippen molar-refractivity contribution in [3.8, 4) is 11.3 Å². The highest BCUT2D eigenvalue weighted by Crippen LogP contribution is 2.30. The van der Waals surface area contributed by atoms with Crippen molar-refractivity contribution >= 4 is 17.4 Å². The molecule has 0 unspecified atom stereocenters. The van der Waals surface area contributed by atoms with Crippen LogP contribution >= 0.6 is 11.6 Å². The highest BCUT2D eigenvalue weighted by molar-refractivity contribution is 6.30. The number of aromatic nitrogens is 2. The van der Waals surface area contributed by atoms with E-state index >= 15 is 0 Å². The average Bonchev–Trinajstić information content (AvgIpc) is 2.47. The summed E-state index contributed by atoms with van der Waals surface area (Å²) in [4.78, 5) is 8.59. The zero-order valence-corrected chi connectivity index (χ0v) is 13.0. The van der Waals surface area contributed by atoms with Gasteiger partial charge >= 0.3 is 0 Å². The maximum Gasteiger partial charge on any atom is 0.134 e. The van der Waals surface area contributed by atoms with Crippen LogP contribution in [0.5, 0.6) is 0 Å². The van der Waals surface area contributed by atoms with E-state index in [2.05, 4.69) is 29.1 Å². The molecule has 0 aliphatic rings. The summed E-state index contributed by atoms with van der Waals surface area (Å²) in [6, 6.07) is 4.66. The van der Waals surface area contributed by atoms with Crippen LogP contribution in [0.1, 0.15) is 32.3 Å². The minimum atomic E-state index is -0.361. The second-order valence-corrected chi connectivity index (χ2v) is 5.29. The third-order valence-corrected chi connectivity index (χ3v) is 3.41. The van der Waals surface area contributed by atoms with Crippen molar-refractivity contribution in [2.75, 3.05) is 11.9 Å². The second-order valence-electron chi connectivity index (χ2n) is 4.85. The first-order valence-corrected chi connectivity index (χ1v) is 7.58. The van der Waals surface area contributed by atoms with Crippen LogP contribution in [0.15, 0.2) is 24.5 Å². The molecule has 0 radical (unpaired) electrons. The van der Waals surface area contributed by atoms with Gasteiger partial charge in [0.25, 0.3) is 0 Å². The Morgan fingerprint density at radius 2 is 2.00 bits per heavy atom. The maximum absolute atomic E-state index is 14.2. The Labute approximate surface area is 129 Å². The molecule has 0 spiro atoms. The molecular formula is C16H19ClFN3. The summed E-state index contributed by atoms with van der Waals surface area (Å²) in [6.07, 6.45) is 4.21. The molecule has 112 valence electrons. The van der Waals surface area contributed by atoms with Crippen LogP contribution < -0.4 is 5.32 Å². The molecule has 0 amide bonds. The lowest BCUT2D eigenvalue weighted by Gasteiger charge is -2.14. The first-order chi connectivity index (χ1) is 10.2. The van der Waals surface area contributed by atoms with E-state index in [4.69, 9.17) is 11.6 Å². The third-order valence-electron chi connectivity index (χ3n) is 3.17.